The summed E-state index contributed by atoms with van der Waals surface area (Å²) in [5.41, 5.74) is 2.54. The van der Waals surface area contributed by atoms with E-state index < -0.39 is 11.7 Å². The van der Waals surface area contributed by atoms with Crippen molar-refractivity contribution in [3.05, 3.63) is 23.8 Å². The van der Waals surface area contributed by atoms with E-state index in [-0.39, 0.29) is 13.3 Å². The molecule has 114 valence electrons. The predicted molar refractivity (Wildman–Crippen MR) is 73.5 cm³/mol. The highest BCUT2D eigenvalue weighted by Gasteiger charge is 2.19. The summed E-state index contributed by atoms with van der Waals surface area (Å²) in [5, 5.41) is 1.10. The molecular weight excluding hydrogens is 276 g/mol. The maximum absolute atomic E-state index is 11.6. The minimum Gasteiger partial charge on any atom is -0.454 e. The zero-order valence-corrected chi connectivity index (χ0v) is 12.2. The van der Waals surface area contributed by atoms with Gasteiger partial charge in [-0.25, -0.2) is 15.2 Å². The van der Waals surface area contributed by atoms with Crippen molar-refractivity contribution in [1.29, 1.82) is 0 Å². The molecule has 21 heavy (non-hydrogen) atoms. The van der Waals surface area contributed by atoms with Gasteiger partial charge < -0.3 is 14.2 Å². The number of hydrazine groups is 1. The summed E-state index contributed by atoms with van der Waals surface area (Å²) in [6, 6.07) is 5.31. The standard InChI is InChI=1S/C14H18N2O5/c1-14(2,3)21-13(18)15-16(8-17)7-10-4-5-11-12(6-10)20-9-19-11/h4-6,8H,7,9H2,1-3H3,(H,15,18). The van der Waals surface area contributed by atoms with E-state index in [0.29, 0.717) is 17.9 Å². The average molecular weight is 294 g/mol. The van der Waals surface area contributed by atoms with Gasteiger partial charge in [-0.05, 0) is 38.5 Å². The molecular formula is C14H18N2O5. The van der Waals surface area contributed by atoms with Crippen molar-refractivity contribution < 1.29 is 23.8 Å². The summed E-state index contributed by atoms with van der Waals surface area (Å²) < 4.78 is 15.6. The van der Waals surface area contributed by atoms with Crippen LogP contribution in [-0.2, 0) is 16.1 Å². The van der Waals surface area contributed by atoms with E-state index in [2.05, 4.69) is 5.43 Å². The molecule has 1 N–H and O–H groups in total. The third kappa shape index (κ3) is 4.27. The molecule has 0 saturated carbocycles. The highest BCUT2D eigenvalue weighted by Crippen LogP contribution is 2.32. The monoisotopic (exact) mass is 294 g/mol. The third-order valence-electron chi connectivity index (χ3n) is 2.55. The Kier molecular flexibility index (Phi) is 4.21. The van der Waals surface area contributed by atoms with Crippen LogP contribution in [0.5, 0.6) is 11.5 Å². The second-order valence-electron chi connectivity index (χ2n) is 5.53. The van der Waals surface area contributed by atoms with Crippen LogP contribution in [0.3, 0.4) is 0 Å². The van der Waals surface area contributed by atoms with Crippen LogP contribution in [-0.4, -0.2) is 29.9 Å². The molecule has 0 aromatic heterocycles. The fourth-order valence-corrected chi connectivity index (χ4v) is 1.76. The van der Waals surface area contributed by atoms with Crippen LogP contribution < -0.4 is 14.9 Å². The van der Waals surface area contributed by atoms with E-state index >= 15 is 0 Å². The Morgan fingerprint density at radius 3 is 2.76 bits per heavy atom. The highest BCUT2D eigenvalue weighted by molar-refractivity contribution is 5.69. The third-order valence-corrected chi connectivity index (χ3v) is 2.55. The molecule has 0 saturated heterocycles. The molecule has 1 aromatic carbocycles. The molecule has 0 atom stereocenters. The number of rotatable bonds is 4. The van der Waals surface area contributed by atoms with Gasteiger partial charge >= 0.3 is 6.09 Å². The van der Waals surface area contributed by atoms with Crippen LogP contribution in [0.2, 0.25) is 0 Å². The molecule has 1 aliphatic heterocycles. The summed E-state index contributed by atoms with van der Waals surface area (Å²) in [5.74, 6) is 1.28. The van der Waals surface area contributed by atoms with E-state index in [9.17, 15) is 9.59 Å². The first-order valence-electron chi connectivity index (χ1n) is 6.47. The highest BCUT2D eigenvalue weighted by atomic mass is 16.7. The predicted octanol–water partition coefficient (Wildman–Crippen LogP) is 1.81. The molecule has 7 heteroatoms. The van der Waals surface area contributed by atoms with Gasteiger partial charge in [-0.15, -0.1) is 0 Å². The molecule has 2 rings (SSSR count). The lowest BCUT2D eigenvalue weighted by atomic mass is 10.2. The molecule has 0 unspecified atom stereocenters. The van der Waals surface area contributed by atoms with Gasteiger partial charge in [-0.3, -0.25) is 4.79 Å². The molecule has 0 aliphatic carbocycles. The second-order valence-corrected chi connectivity index (χ2v) is 5.53. The molecule has 2 amide bonds. The van der Waals surface area contributed by atoms with Gasteiger partial charge in [0.25, 0.3) is 0 Å². The van der Waals surface area contributed by atoms with Crippen LogP contribution in [0.1, 0.15) is 26.3 Å². The van der Waals surface area contributed by atoms with E-state index in [1.54, 1.807) is 39.0 Å². The number of nitrogens with zero attached hydrogens (tertiary/aromatic N) is 1. The quantitative estimate of drug-likeness (QED) is 0.677. The fraction of sp³-hybridized carbons (Fsp3) is 0.429. The Morgan fingerprint density at radius 1 is 1.38 bits per heavy atom. The lowest BCUT2D eigenvalue weighted by Crippen LogP contribution is -2.43. The van der Waals surface area contributed by atoms with E-state index in [1.807, 2.05) is 0 Å². The van der Waals surface area contributed by atoms with Crippen LogP contribution in [0.4, 0.5) is 4.79 Å². The topological polar surface area (TPSA) is 77.1 Å². The average Bonchev–Trinajstić information content (AvgIpc) is 2.83. The Hall–Kier alpha value is -2.44. The van der Waals surface area contributed by atoms with Gasteiger partial charge in [0.15, 0.2) is 11.5 Å². The van der Waals surface area contributed by atoms with Gasteiger partial charge in [0, 0.05) is 0 Å². The summed E-state index contributed by atoms with van der Waals surface area (Å²) in [4.78, 5) is 22.7. The van der Waals surface area contributed by atoms with E-state index in [1.165, 1.54) is 0 Å². The summed E-state index contributed by atoms with van der Waals surface area (Å²) in [6.07, 6.45) is -0.163. The van der Waals surface area contributed by atoms with Gasteiger partial charge in [0.05, 0.1) is 6.54 Å². The van der Waals surface area contributed by atoms with Crippen molar-refractivity contribution in [3.8, 4) is 11.5 Å². The molecule has 0 spiro atoms. The Labute approximate surface area is 122 Å². The normalized spacial score (nSPS) is 12.7. The lowest BCUT2D eigenvalue weighted by Gasteiger charge is -2.23. The van der Waals surface area contributed by atoms with Crippen LogP contribution in [0, 0.1) is 0 Å². The molecule has 7 nitrogen and oxygen atoms in total. The maximum Gasteiger partial charge on any atom is 0.426 e. The number of amides is 2. The van der Waals surface area contributed by atoms with Gasteiger partial charge in [0.1, 0.15) is 5.60 Å². The molecule has 1 heterocycles. The summed E-state index contributed by atoms with van der Waals surface area (Å²) >= 11 is 0. The number of carbonyl (C=O) groups is 2. The largest absolute Gasteiger partial charge is 0.454 e. The zero-order chi connectivity index (χ0) is 15.5. The summed E-state index contributed by atoms with van der Waals surface area (Å²) in [6.45, 7) is 5.62. The van der Waals surface area contributed by atoms with Crippen molar-refractivity contribution in [1.82, 2.24) is 10.4 Å². The van der Waals surface area contributed by atoms with Crippen molar-refractivity contribution in [2.45, 2.75) is 32.9 Å². The first kappa shape index (κ1) is 15.0. The minimum atomic E-state index is -0.685. The van der Waals surface area contributed by atoms with Crippen molar-refractivity contribution in [3.63, 3.8) is 0 Å². The Balaban J connectivity index is 1.96. The first-order valence-corrected chi connectivity index (χ1v) is 6.47. The first-order chi connectivity index (χ1) is 9.87. The van der Waals surface area contributed by atoms with Gasteiger partial charge in [-0.1, -0.05) is 6.07 Å². The summed E-state index contributed by atoms with van der Waals surface area (Å²) in [7, 11) is 0. The van der Waals surface area contributed by atoms with Crippen LogP contribution in [0.25, 0.3) is 0 Å². The number of hydrogen-bond donors (Lipinski definition) is 1. The SMILES string of the molecule is CC(C)(C)OC(=O)NN(C=O)Cc1ccc2c(c1)OCO2. The van der Waals surface area contributed by atoms with Crippen molar-refractivity contribution in [2.24, 2.45) is 0 Å². The number of hydrogen-bond acceptors (Lipinski definition) is 5. The van der Waals surface area contributed by atoms with Crippen LogP contribution >= 0.6 is 0 Å². The molecule has 0 fully saturated rings. The lowest BCUT2D eigenvalue weighted by molar-refractivity contribution is -0.121. The number of nitrogens with one attached hydrogen (secondary N) is 1. The Morgan fingerprint density at radius 2 is 2.10 bits per heavy atom. The van der Waals surface area contributed by atoms with Gasteiger partial charge in [0.2, 0.25) is 13.2 Å². The number of fused-ring (bicyclic) bond motifs is 1. The Bertz CT molecular complexity index is 539. The number of ether oxygens (including phenoxy) is 3. The van der Waals surface area contributed by atoms with E-state index in [0.717, 1.165) is 10.6 Å². The fourth-order valence-electron chi connectivity index (χ4n) is 1.76. The molecule has 0 bridgehead atoms. The molecule has 1 aromatic rings. The van der Waals surface area contributed by atoms with Crippen LogP contribution in [0.15, 0.2) is 18.2 Å². The van der Waals surface area contributed by atoms with Crippen molar-refractivity contribution in [2.75, 3.05) is 6.79 Å². The number of carbonyl (C=O) groups excluding carboxylic acids is 2. The van der Waals surface area contributed by atoms with Gasteiger partial charge in [-0.2, -0.15) is 0 Å². The number of benzene rings is 1. The molecule has 0 radical (unpaired) electrons. The zero-order valence-electron chi connectivity index (χ0n) is 12.2. The minimum absolute atomic E-state index is 0.187. The second kappa shape index (κ2) is 5.90. The molecule has 1 aliphatic rings. The smallest absolute Gasteiger partial charge is 0.426 e. The van der Waals surface area contributed by atoms with E-state index in [4.69, 9.17) is 14.2 Å². The van der Waals surface area contributed by atoms with Crippen molar-refractivity contribution >= 4 is 12.5 Å². The maximum atomic E-state index is 11.6.